The second kappa shape index (κ2) is 16.9. The number of rotatable bonds is 7. The number of hydrogen-bond acceptors (Lipinski definition) is 2. The Bertz CT molecular complexity index is 2100. The Morgan fingerprint density at radius 2 is 0.926 bits per heavy atom. The molecule has 0 unspecified atom stereocenters. The van der Waals surface area contributed by atoms with Gasteiger partial charge in [-0.05, 0) is 27.7 Å². The van der Waals surface area contributed by atoms with Gasteiger partial charge in [-0.15, -0.1) is 64.8 Å². The first kappa shape index (κ1) is 42.9. The maximum Gasteiger partial charge on any atom is 0.200 e. The molecule has 0 aliphatic carbocycles. The Hall–Kier alpha value is -3.87. The first-order chi connectivity index (χ1) is 24.8. The zero-order chi connectivity index (χ0) is 38.9. The zero-order valence-corrected chi connectivity index (χ0v) is 37.3. The molecule has 283 valence electrons. The quantitative estimate of drug-likeness (QED) is 0.0524. The molecule has 0 spiro atoms. The molecule has 4 aromatic carbocycles. The van der Waals surface area contributed by atoms with Crippen molar-refractivity contribution in [1.82, 2.24) is 9.97 Å². The minimum Gasteiger partial charge on any atom is -0.305 e. The van der Waals surface area contributed by atoms with Crippen molar-refractivity contribution in [2.24, 2.45) is 0 Å². The molecule has 2 heterocycles. The molecule has 11 heteroatoms. The molecule has 54 heavy (non-hydrogen) atoms. The van der Waals surface area contributed by atoms with Crippen molar-refractivity contribution in [3.05, 3.63) is 139 Å². The van der Waals surface area contributed by atoms with Crippen molar-refractivity contribution in [2.45, 2.75) is 58.9 Å². The Balaban J connectivity index is 0.000000236. The third-order valence-electron chi connectivity index (χ3n) is 9.01. The predicted octanol–water partition coefficient (Wildman–Crippen LogP) is 10.8. The molecule has 0 fully saturated rings. The largest absolute Gasteiger partial charge is 0.305 e. The van der Waals surface area contributed by atoms with E-state index in [1.165, 1.54) is 34.1 Å². The van der Waals surface area contributed by atoms with Gasteiger partial charge >= 0.3 is 0 Å². The molecule has 6 aromatic rings. The summed E-state index contributed by atoms with van der Waals surface area (Å²) >= 11 is 0. The fraction of sp³-hybridized carbons (Fsp3) is 0.209. The number of aromatic nitrogens is 2. The van der Waals surface area contributed by atoms with Crippen molar-refractivity contribution >= 4 is 39.8 Å². The molecule has 2 nitrogen and oxygen atoms in total. The molecule has 0 amide bonds. The van der Waals surface area contributed by atoms with Crippen LogP contribution >= 0.6 is 0 Å². The van der Waals surface area contributed by atoms with Crippen molar-refractivity contribution in [1.29, 1.82) is 0 Å². The van der Waals surface area contributed by atoms with Gasteiger partial charge in [0.15, 0.2) is 23.3 Å². The van der Waals surface area contributed by atoms with E-state index in [-0.39, 0.29) is 25.7 Å². The van der Waals surface area contributed by atoms with Crippen LogP contribution in [0.25, 0.3) is 44.8 Å². The second-order valence-corrected chi connectivity index (χ2v) is 31.4. The Morgan fingerprint density at radius 3 is 1.41 bits per heavy atom. The monoisotopic (exact) mass is 959 g/mol. The van der Waals surface area contributed by atoms with Crippen molar-refractivity contribution in [3.63, 3.8) is 0 Å². The first-order valence-electron chi connectivity index (χ1n) is 17.4. The Morgan fingerprint density at radius 1 is 0.444 bits per heavy atom. The van der Waals surface area contributed by atoms with Crippen LogP contribution in [0, 0.1) is 41.2 Å². The first-order valence-corrected chi connectivity index (χ1v) is 27.9. The Labute approximate surface area is 332 Å². The van der Waals surface area contributed by atoms with Gasteiger partial charge in [-0.25, -0.2) is 22.0 Å². The van der Waals surface area contributed by atoms with Crippen molar-refractivity contribution in [3.8, 4) is 44.8 Å². The molecular formula is C43H43F5IrN2Si3-2. The average Bonchev–Trinajstić information content (AvgIpc) is 3.13. The number of halogens is 5. The summed E-state index contributed by atoms with van der Waals surface area (Å²) in [5.41, 5.74) is 4.19. The number of nitrogens with zero attached hydrogens (tertiary/aromatic N) is 2. The zero-order valence-electron chi connectivity index (χ0n) is 31.9. The van der Waals surface area contributed by atoms with E-state index in [1.54, 1.807) is 12.3 Å². The fourth-order valence-electron chi connectivity index (χ4n) is 5.56. The van der Waals surface area contributed by atoms with Crippen LogP contribution in [0.3, 0.4) is 0 Å². The van der Waals surface area contributed by atoms with Crippen LogP contribution in [0.5, 0.6) is 0 Å². The molecule has 0 saturated heterocycles. The van der Waals surface area contributed by atoms with Gasteiger partial charge in [-0.2, -0.15) is 0 Å². The van der Waals surface area contributed by atoms with E-state index in [9.17, 15) is 22.0 Å². The molecule has 6 rings (SSSR count). The maximum absolute atomic E-state index is 14.1. The molecular weight excluding hydrogens is 916 g/mol. The van der Waals surface area contributed by atoms with Crippen LogP contribution in [0.2, 0.25) is 58.9 Å². The smallest absolute Gasteiger partial charge is 0.200 e. The maximum atomic E-state index is 14.1. The van der Waals surface area contributed by atoms with Gasteiger partial charge in [0.25, 0.3) is 0 Å². The van der Waals surface area contributed by atoms with Crippen LogP contribution in [0.15, 0.2) is 97.3 Å². The van der Waals surface area contributed by atoms with E-state index in [1.807, 2.05) is 12.3 Å². The van der Waals surface area contributed by atoms with Gasteiger partial charge in [0, 0.05) is 46.1 Å². The van der Waals surface area contributed by atoms with E-state index in [4.69, 9.17) is 0 Å². The molecule has 0 N–H and O–H groups in total. The van der Waals surface area contributed by atoms with Crippen LogP contribution in [0.4, 0.5) is 22.0 Å². The van der Waals surface area contributed by atoms with E-state index in [0.29, 0.717) is 11.3 Å². The van der Waals surface area contributed by atoms with E-state index in [2.05, 4.69) is 136 Å². The number of pyridine rings is 2. The Kier molecular flexibility index (Phi) is 13.4. The van der Waals surface area contributed by atoms with Crippen LogP contribution in [0.1, 0.15) is 0 Å². The van der Waals surface area contributed by atoms with Gasteiger partial charge < -0.3 is 9.97 Å². The second-order valence-electron chi connectivity index (χ2n) is 16.1. The van der Waals surface area contributed by atoms with E-state index in [0.717, 1.165) is 22.0 Å². The molecule has 0 bridgehead atoms. The molecule has 0 aliphatic rings. The third-order valence-corrected chi connectivity index (χ3v) is 15.1. The number of benzene rings is 4. The third kappa shape index (κ3) is 9.86. The normalized spacial score (nSPS) is 11.7. The summed E-state index contributed by atoms with van der Waals surface area (Å²) in [4.78, 5) is 9.03. The SMILES string of the molecule is C[Si](C)(C)c1c[c-]c(-c2ccc(-c3ccc([Si](C)(C)C)cc3)cn2)cc1.C[Si](C)(C)c1ccc(-c2[c-]ccc(-c3c(F)c(F)c(F)c(F)c3F)c2)nc1.[Ir]. The predicted molar refractivity (Wildman–Crippen MR) is 217 cm³/mol. The topological polar surface area (TPSA) is 25.8 Å². The van der Waals surface area contributed by atoms with Gasteiger partial charge in [-0.3, -0.25) is 0 Å². The van der Waals surface area contributed by atoms with Crippen LogP contribution < -0.4 is 15.6 Å². The number of hydrogen-bond donors (Lipinski definition) is 0. The summed E-state index contributed by atoms with van der Waals surface area (Å²) in [5.74, 6) is -9.87. The van der Waals surface area contributed by atoms with Gasteiger partial charge in [0.2, 0.25) is 5.82 Å². The average molecular weight is 959 g/mol. The van der Waals surface area contributed by atoms with Gasteiger partial charge in [0.05, 0.1) is 16.1 Å². The van der Waals surface area contributed by atoms with Crippen LogP contribution in [-0.2, 0) is 20.1 Å². The minimum atomic E-state index is -2.18. The standard InChI is InChI=1S/C23H28NSi2.C20H15F5NSi.Ir/c1-25(2,3)21-12-7-18(8-13-21)20-11-16-23(24-17-20)19-9-14-22(15-10-19)26(4,5)6;1-27(2,3)13-7-8-14(26-10-13)11-5-4-6-12(9-11)15-16(21)18(23)20(25)19(24)17(15)22;/h7-9,11-17H,1-6H3;4,6-10H,1-3H3;/q2*-1;. The summed E-state index contributed by atoms with van der Waals surface area (Å²) in [5, 5.41) is 4.05. The summed E-state index contributed by atoms with van der Waals surface area (Å²) in [6.07, 6.45) is 3.71. The summed E-state index contributed by atoms with van der Waals surface area (Å²) in [7, 11) is -4.07. The van der Waals surface area contributed by atoms with E-state index < -0.39 is 58.9 Å². The van der Waals surface area contributed by atoms with Gasteiger partial charge in [0.1, 0.15) is 0 Å². The minimum absolute atomic E-state index is 0. The van der Waals surface area contributed by atoms with Gasteiger partial charge in [-0.1, -0.05) is 118 Å². The summed E-state index contributed by atoms with van der Waals surface area (Å²) in [6, 6.07) is 33.7. The van der Waals surface area contributed by atoms with Crippen molar-refractivity contribution < 1.29 is 42.1 Å². The van der Waals surface area contributed by atoms with Crippen LogP contribution in [-0.4, -0.2) is 34.2 Å². The molecule has 1 radical (unpaired) electrons. The molecule has 0 saturated carbocycles. The molecule has 2 aromatic heterocycles. The van der Waals surface area contributed by atoms with Crippen molar-refractivity contribution in [2.75, 3.05) is 0 Å². The molecule has 0 atom stereocenters. The molecule has 0 aliphatic heterocycles. The summed E-state index contributed by atoms with van der Waals surface area (Å²) in [6.45, 7) is 20.7. The summed E-state index contributed by atoms with van der Waals surface area (Å²) < 4.78 is 68.4. The fourth-order valence-corrected chi connectivity index (χ4v) is 8.85. The van der Waals surface area contributed by atoms with E-state index >= 15 is 0 Å².